The molecule has 0 aromatic carbocycles. The maximum Gasteiger partial charge on any atom is 0.190 e. The van der Waals surface area contributed by atoms with Crippen LogP contribution < -0.4 is 10.6 Å². The highest BCUT2D eigenvalue weighted by molar-refractivity contribution is 14.0. The van der Waals surface area contributed by atoms with Gasteiger partial charge in [0.1, 0.15) is 0 Å². The Balaban J connectivity index is 0.00000264. The molecule has 7 heteroatoms. The van der Waals surface area contributed by atoms with Gasteiger partial charge < -0.3 is 10.6 Å². The third-order valence-corrected chi connectivity index (χ3v) is 6.75. The van der Waals surface area contributed by atoms with Crippen LogP contribution in [-0.2, 0) is 9.84 Å². The second-order valence-electron chi connectivity index (χ2n) is 6.80. The number of hydrogen-bond donors (Lipinski definition) is 2. The van der Waals surface area contributed by atoms with Crippen molar-refractivity contribution in [2.24, 2.45) is 16.8 Å². The molecule has 1 saturated carbocycles. The minimum absolute atomic E-state index is 0. The van der Waals surface area contributed by atoms with Gasteiger partial charge in [-0.3, -0.25) is 4.99 Å². The van der Waals surface area contributed by atoms with Crippen molar-refractivity contribution in [3.8, 4) is 0 Å². The van der Waals surface area contributed by atoms with Crippen LogP contribution in [0.4, 0.5) is 0 Å². The molecule has 2 fully saturated rings. The lowest BCUT2D eigenvalue weighted by molar-refractivity contribution is 0.472. The number of hydrogen-bond acceptors (Lipinski definition) is 3. The summed E-state index contributed by atoms with van der Waals surface area (Å²) in [5.41, 5.74) is 0. The Morgan fingerprint density at radius 3 is 2.43 bits per heavy atom. The molecule has 1 saturated heterocycles. The predicted octanol–water partition coefficient (Wildman–Crippen LogP) is 2.56. The van der Waals surface area contributed by atoms with Gasteiger partial charge in [-0.2, -0.15) is 0 Å². The molecule has 0 spiro atoms. The van der Waals surface area contributed by atoms with E-state index in [-0.39, 0.29) is 29.9 Å². The molecular formula is C16H32IN3O2S. The van der Waals surface area contributed by atoms with Crippen LogP contribution in [0, 0.1) is 11.8 Å². The van der Waals surface area contributed by atoms with Crippen LogP contribution in [0.3, 0.4) is 0 Å². The summed E-state index contributed by atoms with van der Waals surface area (Å²) in [6.07, 6.45) is 10.3. The minimum Gasteiger partial charge on any atom is -0.356 e. The number of halogens is 1. The minimum atomic E-state index is -2.78. The van der Waals surface area contributed by atoms with Gasteiger partial charge >= 0.3 is 0 Å². The summed E-state index contributed by atoms with van der Waals surface area (Å²) in [7, 11) is -1.02. The second-order valence-corrected chi connectivity index (χ2v) is 9.02. The van der Waals surface area contributed by atoms with Gasteiger partial charge in [0.2, 0.25) is 0 Å². The average Bonchev–Trinajstić information content (AvgIpc) is 3.11. The first kappa shape index (κ1) is 21.0. The number of guanidine groups is 1. The van der Waals surface area contributed by atoms with Crippen molar-refractivity contribution in [1.29, 1.82) is 0 Å². The highest BCUT2D eigenvalue weighted by atomic mass is 127. The first-order valence-electron chi connectivity index (χ1n) is 8.74. The monoisotopic (exact) mass is 457 g/mol. The third kappa shape index (κ3) is 8.05. The molecule has 1 heterocycles. The standard InChI is InChI=1S/C16H31N3O2S.HI/c1-17-16(19-12-15-9-11-22(20,21)13-15)18-10-5-4-8-14-6-2-3-7-14;/h14-15H,2-13H2,1H3,(H2,17,18,19);1H. The Morgan fingerprint density at radius 2 is 1.83 bits per heavy atom. The number of nitrogens with zero attached hydrogens (tertiary/aromatic N) is 1. The highest BCUT2D eigenvalue weighted by Gasteiger charge is 2.27. The zero-order valence-corrected chi connectivity index (χ0v) is 17.4. The Kier molecular flexibility index (Phi) is 9.80. The second kappa shape index (κ2) is 10.7. The summed E-state index contributed by atoms with van der Waals surface area (Å²) in [5, 5.41) is 6.58. The molecule has 0 aromatic rings. The Labute approximate surface area is 158 Å². The lowest BCUT2D eigenvalue weighted by Gasteiger charge is -2.15. The zero-order chi connectivity index (χ0) is 15.8. The molecule has 1 aliphatic carbocycles. The predicted molar refractivity (Wildman–Crippen MR) is 107 cm³/mol. The quantitative estimate of drug-likeness (QED) is 0.267. The molecule has 23 heavy (non-hydrogen) atoms. The molecular weight excluding hydrogens is 425 g/mol. The van der Waals surface area contributed by atoms with Crippen molar-refractivity contribution in [3.63, 3.8) is 0 Å². The van der Waals surface area contributed by atoms with E-state index >= 15 is 0 Å². The highest BCUT2D eigenvalue weighted by Crippen LogP contribution is 2.28. The number of sulfone groups is 1. The van der Waals surface area contributed by atoms with E-state index in [1.807, 2.05) is 0 Å². The van der Waals surface area contributed by atoms with Crippen LogP contribution in [0.25, 0.3) is 0 Å². The van der Waals surface area contributed by atoms with Crippen LogP contribution in [0.15, 0.2) is 4.99 Å². The molecule has 5 nitrogen and oxygen atoms in total. The van der Waals surface area contributed by atoms with Crippen molar-refractivity contribution in [2.45, 2.75) is 51.4 Å². The van der Waals surface area contributed by atoms with Crippen molar-refractivity contribution in [3.05, 3.63) is 0 Å². The van der Waals surface area contributed by atoms with Gasteiger partial charge in [-0.1, -0.05) is 38.5 Å². The average molecular weight is 457 g/mol. The summed E-state index contributed by atoms with van der Waals surface area (Å²) in [4.78, 5) is 4.21. The Morgan fingerprint density at radius 1 is 1.09 bits per heavy atom. The summed E-state index contributed by atoms with van der Waals surface area (Å²) in [6.45, 7) is 1.64. The molecule has 0 aromatic heterocycles. The molecule has 0 radical (unpaired) electrons. The lowest BCUT2D eigenvalue weighted by Crippen LogP contribution is -2.40. The van der Waals surface area contributed by atoms with Crippen LogP contribution in [0.1, 0.15) is 51.4 Å². The molecule has 2 N–H and O–H groups in total. The SMILES string of the molecule is CN=C(NCCCCC1CCCC1)NCC1CCS(=O)(=O)C1.I. The first-order chi connectivity index (χ1) is 10.6. The van der Waals surface area contributed by atoms with Gasteiger partial charge in [-0.25, -0.2) is 8.42 Å². The molecule has 1 unspecified atom stereocenters. The molecule has 136 valence electrons. The Bertz CT molecular complexity index is 462. The van der Waals surface area contributed by atoms with E-state index in [9.17, 15) is 8.42 Å². The first-order valence-corrected chi connectivity index (χ1v) is 10.6. The van der Waals surface area contributed by atoms with E-state index in [0.717, 1.165) is 24.8 Å². The fourth-order valence-corrected chi connectivity index (χ4v) is 5.42. The summed E-state index contributed by atoms with van der Waals surface area (Å²) >= 11 is 0. The van der Waals surface area contributed by atoms with Crippen molar-refractivity contribution in [2.75, 3.05) is 31.6 Å². The number of rotatable bonds is 7. The van der Waals surface area contributed by atoms with E-state index in [1.54, 1.807) is 7.05 Å². The molecule has 1 aliphatic heterocycles. The number of aliphatic imine (C=N–C) groups is 1. The van der Waals surface area contributed by atoms with Gasteiger partial charge in [-0.05, 0) is 24.7 Å². The van der Waals surface area contributed by atoms with Crippen LogP contribution in [0.5, 0.6) is 0 Å². The Hall–Kier alpha value is -0.0500. The third-order valence-electron chi connectivity index (χ3n) is 4.91. The number of nitrogens with one attached hydrogen (secondary N) is 2. The maximum absolute atomic E-state index is 11.4. The van der Waals surface area contributed by atoms with Crippen molar-refractivity contribution < 1.29 is 8.42 Å². The summed E-state index contributed by atoms with van der Waals surface area (Å²) in [5.74, 6) is 2.66. The number of unbranched alkanes of at least 4 members (excludes halogenated alkanes) is 1. The molecule has 2 aliphatic rings. The lowest BCUT2D eigenvalue weighted by atomic mass is 10.0. The summed E-state index contributed by atoms with van der Waals surface area (Å²) < 4.78 is 22.9. The van der Waals surface area contributed by atoms with Gasteiger partial charge in [0.05, 0.1) is 11.5 Å². The van der Waals surface area contributed by atoms with E-state index < -0.39 is 9.84 Å². The molecule has 0 amide bonds. The van der Waals surface area contributed by atoms with Crippen molar-refractivity contribution >= 4 is 39.8 Å². The van der Waals surface area contributed by atoms with Gasteiger partial charge in [0.25, 0.3) is 0 Å². The van der Waals surface area contributed by atoms with Crippen LogP contribution in [0.2, 0.25) is 0 Å². The zero-order valence-electron chi connectivity index (χ0n) is 14.2. The molecule has 2 rings (SSSR count). The smallest absolute Gasteiger partial charge is 0.190 e. The fraction of sp³-hybridized carbons (Fsp3) is 0.938. The topological polar surface area (TPSA) is 70.6 Å². The van der Waals surface area contributed by atoms with Gasteiger partial charge in [-0.15, -0.1) is 24.0 Å². The van der Waals surface area contributed by atoms with E-state index in [1.165, 1.54) is 44.9 Å². The molecule has 1 atom stereocenters. The van der Waals surface area contributed by atoms with Gasteiger partial charge in [0.15, 0.2) is 15.8 Å². The van der Waals surface area contributed by atoms with Crippen LogP contribution >= 0.6 is 24.0 Å². The van der Waals surface area contributed by atoms with Crippen molar-refractivity contribution in [1.82, 2.24) is 10.6 Å². The maximum atomic E-state index is 11.4. The van der Waals surface area contributed by atoms with Gasteiger partial charge in [0, 0.05) is 20.1 Å². The molecule has 0 bridgehead atoms. The normalized spacial score (nSPS) is 24.4. The van der Waals surface area contributed by atoms with E-state index in [4.69, 9.17) is 0 Å². The van der Waals surface area contributed by atoms with E-state index in [0.29, 0.717) is 18.1 Å². The van der Waals surface area contributed by atoms with Crippen LogP contribution in [-0.4, -0.2) is 46.0 Å². The largest absolute Gasteiger partial charge is 0.356 e. The summed E-state index contributed by atoms with van der Waals surface area (Å²) in [6, 6.07) is 0. The fourth-order valence-electron chi connectivity index (χ4n) is 3.56. The van der Waals surface area contributed by atoms with E-state index in [2.05, 4.69) is 15.6 Å².